The number of benzene rings is 3. The molecule has 1 heterocycles. The molecule has 4 heteroatoms. The molecule has 1 fully saturated rings. The van der Waals surface area contributed by atoms with E-state index < -0.39 is 7.60 Å². The van der Waals surface area contributed by atoms with Crippen molar-refractivity contribution in [1.29, 1.82) is 0 Å². The fourth-order valence-electron chi connectivity index (χ4n) is 4.76. The van der Waals surface area contributed by atoms with Crippen LogP contribution < -0.4 is 9.83 Å². The van der Waals surface area contributed by atoms with Crippen molar-refractivity contribution in [3.05, 3.63) is 83.4 Å². The normalized spacial score (nSPS) is 21.1. The van der Waals surface area contributed by atoms with Crippen LogP contribution in [-0.2, 0) is 11.0 Å². The quantitative estimate of drug-likeness (QED) is 0.529. The largest absolute Gasteiger partial charge is 0.420 e. The Kier molecular flexibility index (Phi) is 4.81. The fourth-order valence-corrected chi connectivity index (χ4v) is 6.10. The average molecular weight is 404 g/mol. The highest BCUT2D eigenvalue weighted by Crippen LogP contribution is 2.54. The second-order valence-corrected chi connectivity index (χ2v) is 9.89. The summed E-state index contributed by atoms with van der Waals surface area (Å²) < 4.78 is 18.7. The Labute approximate surface area is 171 Å². The summed E-state index contributed by atoms with van der Waals surface area (Å²) in [4.78, 5) is 10.6. The van der Waals surface area contributed by atoms with E-state index in [0.29, 0.717) is 23.4 Å². The Hall–Kier alpha value is -2.35. The molecular formula is C25H25O3P. The van der Waals surface area contributed by atoms with Gasteiger partial charge in [0.25, 0.3) is 0 Å². The molecule has 0 amide bonds. The zero-order valence-electron chi connectivity index (χ0n) is 16.4. The summed E-state index contributed by atoms with van der Waals surface area (Å²) in [5.74, 6) is 1.12. The van der Waals surface area contributed by atoms with Gasteiger partial charge in [-0.3, -0.25) is 0 Å². The van der Waals surface area contributed by atoms with Gasteiger partial charge in [0, 0.05) is 17.5 Å². The number of fused-ring (bicyclic) bond motifs is 3. The predicted octanol–water partition coefficient (Wildman–Crippen LogP) is 6.20. The minimum Gasteiger partial charge on any atom is -0.420 e. The molecule has 0 radical (unpaired) electrons. The van der Waals surface area contributed by atoms with Crippen molar-refractivity contribution in [3.8, 4) is 16.9 Å². The Morgan fingerprint density at radius 3 is 2.41 bits per heavy atom. The minimum absolute atomic E-state index is 0.402. The minimum atomic E-state index is -3.89. The van der Waals surface area contributed by atoms with Crippen molar-refractivity contribution in [3.63, 3.8) is 0 Å². The molecule has 148 valence electrons. The van der Waals surface area contributed by atoms with E-state index in [4.69, 9.17) is 4.52 Å². The molecule has 0 saturated heterocycles. The van der Waals surface area contributed by atoms with Crippen LogP contribution in [0.1, 0.15) is 54.7 Å². The second-order valence-electron chi connectivity index (χ2n) is 8.18. The van der Waals surface area contributed by atoms with Crippen LogP contribution in [0.3, 0.4) is 0 Å². The summed E-state index contributed by atoms with van der Waals surface area (Å²) in [5, 5.41) is 0.402. The first-order chi connectivity index (χ1) is 14.1. The molecular weight excluding hydrogens is 379 g/mol. The first-order valence-electron chi connectivity index (χ1n) is 10.4. The molecule has 1 N–H and O–H groups in total. The van der Waals surface area contributed by atoms with Gasteiger partial charge < -0.3 is 9.42 Å². The van der Waals surface area contributed by atoms with Crippen molar-refractivity contribution >= 4 is 12.9 Å². The maximum atomic E-state index is 12.9. The van der Waals surface area contributed by atoms with Crippen LogP contribution in [-0.4, -0.2) is 4.89 Å². The van der Waals surface area contributed by atoms with E-state index in [1.807, 2.05) is 30.3 Å². The summed E-state index contributed by atoms with van der Waals surface area (Å²) in [6.07, 6.45) is 6.97. The number of hydrogen-bond acceptors (Lipinski definition) is 2. The first kappa shape index (κ1) is 18.7. The lowest BCUT2D eigenvalue weighted by Crippen LogP contribution is -2.19. The highest BCUT2D eigenvalue weighted by molar-refractivity contribution is 7.62. The van der Waals surface area contributed by atoms with Gasteiger partial charge in [-0.1, -0.05) is 73.9 Å². The maximum Gasteiger partial charge on any atom is 0.408 e. The van der Waals surface area contributed by atoms with E-state index in [1.165, 1.54) is 43.2 Å². The smallest absolute Gasteiger partial charge is 0.408 e. The van der Waals surface area contributed by atoms with E-state index in [-0.39, 0.29) is 0 Å². The van der Waals surface area contributed by atoms with Gasteiger partial charge in [0.05, 0.1) is 5.30 Å². The summed E-state index contributed by atoms with van der Waals surface area (Å²) in [7, 11) is -3.89. The molecule has 1 atom stereocenters. The SMILES string of the molecule is O=P1(O)Oc2c(Cc3ccccc3)cc(C3CCCCC3)cc2-c2ccccc21. The molecule has 29 heavy (non-hydrogen) atoms. The second kappa shape index (κ2) is 7.48. The van der Waals surface area contributed by atoms with Crippen LogP contribution >= 0.6 is 7.60 Å². The lowest BCUT2D eigenvalue weighted by atomic mass is 9.81. The van der Waals surface area contributed by atoms with Crippen LogP contribution in [0.5, 0.6) is 5.75 Å². The van der Waals surface area contributed by atoms with Crippen LogP contribution in [0.25, 0.3) is 11.1 Å². The maximum absolute atomic E-state index is 12.9. The molecule has 3 aromatic rings. The Morgan fingerprint density at radius 2 is 1.62 bits per heavy atom. The molecule has 3 nitrogen and oxygen atoms in total. The summed E-state index contributed by atoms with van der Waals surface area (Å²) >= 11 is 0. The number of rotatable bonds is 3. The lowest BCUT2D eigenvalue weighted by Gasteiger charge is -2.29. The topological polar surface area (TPSA) is 46.5 Å². The van der Waals surface area contributed by atoms with Gasteiger partial charge in [0.2, 0.25) is 0 Å². The standard InChI is InChI=1S/C25H25O3P/c26-29(27)24-14-8-7-13-22(24)23-17-20(19-11-5-2-6-12-19)16-21(25(23)28-29)15-18-9-3-1-4-10-18/h1,3-4,7-10,13-14,16-17,19H,2,5-6,11-12,15H2,(H,26,27). The third kappa shape index (κ3) is 3.54. The van der Waals surface area contributed by atoms with E-state index in [9.17, 15) is 9.46 Å². The van der Waals surface area contributed by atoms with Crippen LogP contribution in [0.4, 0.5) is 0 Å². The molecule has 1 aliphatic heterocycles. The van der Waals surface area contributed by atoms with E-state index >= 15 is 0 Å². The zero-order valence-corrected chi connectivity index (χ0v) is 17.3. The fraction of sp³-hybridized carbons (Fsp3) is 0.280. The van der Waals surface area contributed by atoms with Gasteiger partial charge in [-0.15, -0.1) is 0 Å². The molecule has 2 aliphatic rings. The van der Waals surface area contributed by atoms with Crippen molar-refractivity contribution in [2.45, 2.75) is 44.4 Å². The Bertz CT molecular complexity index is 1080. The predicted molar refractivity (Wildman–Crippen MR) is 117 cm³/mol. The molecule has 1 aliphatic carbocycles. The highest BCUT2D eigenvalue weighted by atomic mass is 31.2. The molecule has 0 bridgehead atoms. The Balaban J connectivity index is 1.69. The monoisotopic (exact) mass is 404 g/mol. The van der Waals surface area contributed by atoms with Crippen LogP contribution in [0.15, 0.2) is 66.7 Å². The number of hydrogen-bond donors (Lipinski definition) is 1. The van der Waals surface area contributed by atoms with Crippen molar-refractivity contribution in [2.75, 3.05) is 0 Å². The van der Waals surface area contributed by atoms with Gasteiger partial charge >= 0.3 is 7.60 Å². The van der Waals surface area contributed by atoms with E-state index in [2.05, 4.69) is 24.3 Å². The first-order valence-corrected chi connectivity index (χ1v) is 12.0. The van der Waals surface area contributed by atoms with Crippen molar-refractivity contribution < 1.29 is 14.0 Å². The summed E-state index contributed by atoms with van der Waals surface area (Å²) in [6.45, 7) is 0. The third-order valence-electron chi connectivity index (χ3n) is 6.22. The third-order valence-corrected chi connectivity index (χ3v) is 7.64. The summed E-state index contributed by atoms with van der Waals surface area (Å²) in [6, 6.07) is 22.0. The van der Waals surface area contributed by atoms with Crippen molar-refractivity contribution in [1.82, 2.24) is 0 Å². The molecule has 3 aromatic carbocycles. The van der Waals surface area contributed by atoms with Gasteiger partial charge in [-0.25, -0.2) is 4.57 Å². The van der Waals surface area contributed by atoms with E-state index in [1.54, 1.807) is 12.1 Å². The molecule has 1 saturated carbocycles. The Morgan fingerprint density at radius 1 is 0.897 bits per heavy atom. The van der Waals surface area contributed by atoms with Gasteiger partial charge in [-0.2, -0.15) is 0 Å². The van der Waals surface area contributed by atoms with E-state index in [0.717, 1.165) is 16.7 Å². The van der Waals surface area contributed by atoms with Gasteiger partial charge in [0.15, 0.2) is 0 Å². The van der Waals surface area contributed by atoms with Gasteiger partial charge in [0.1, 0.15) is 5.75 Å². The van der Waals surface area contributed by atoms with Gasteiger partial charge in [-0.05, 0) is 47.6 Å². The zero-order chi connectivity index (χ0) is 19.8. The van der Waals surface area contributed by atoms with Crippen LogP contribution in [0.2, 0.25) is 0 Å². The summed E-state index contributed by atoms with van der Waals surface area (Å²) in [5.41, 5.74) is 5.29. The lowest BCUT2D eigenvalue weighted by molar-refractivity contribution is 0.390. The highest BCUT2D eigenvalue weighted by Gasteiger charge is 2.36. The molecule has 0 spiro atoms. The van der Waals surface area contributed by atoms with Crippen molar-refractivity contribution in [2.24, 2.45) is 0 Å². The molecule has 5 rings (SSSR count). The average Bonchev–Trinajstić information content (AvgIpc) is 2.75. The molecule has 1 unspecified atom stereocenters. The van der Waals surface area contributed by atoms with Crippen LogP contribution in [0, 0.1) is 0 Å². The molecule has 0 aromatic heterocycles.